The molecule has 3 atom stereocenters. The van der Waals surface area contributed by atoms with Crippen LogP contribution in [0.3, 0.4) is 0 Å². The third-order valence-electron chi connectivity index (χ3n) is 6.38. The lowest BCUT2D eigenvalue weighted by atomic mass is 9.89. The Labute approximate surface area is 146 Å². The van der Waals surface area contributed by atoms with Gasteiger partial charge in [-0.3, -0.25) is 4.79 Å². The molecule has 2 aliphatic carbocycles. The predicted octanol–water partition coefficient (Wildman–Crippen LogP) is 3.14. The molecule has 1 N–H and O–H groups in total. The summed E-state index contributed by atoms with van der Waals surface area (Å²) in [7, 11) is 0. The van der Waals surface area contributed by atoms with Crippen LogP contribution in [0.15, 0.2) is 0 Å². The summed E-state index contributed by atoms with van der Waals surface area (Å²) in [4.78, 5) is 28.8. The van der Waals surface area contributed by atoms with Crippen molar-refractivity contribution in [3.05, 3.63) is 0 Å². The first-order valence-corrected chi connectivity index (χ1v) is 9.90. The van der Waals surface area contributed by atoms with E-state index in [1.54, 1.807) is 6.92 Å². The number of carbonyl (C=O) groups is 2. The number of rotatable bonds is 3. The minimum absolute atomic E-state index is 0.104. The maximum Gasteiger partial charge on any atom is 0.317 e. The number of amides is 3. The molecule has 136 valence electrons. The standard InChI is InChI=1S/C19H33N3O2/c1-14-6-3-10-18(14)20-19(24)21-12-5-9-17(11-13-21)22(15(2)23)16-7-4-8-16/h14,16-18H,3-13H2,1-2H3,(H,20,24)/t14-,17+,18-/m0/s1. The zero-order valence-corrected chi connectivity index (χ0v) is 15.3. The van der Waals surface area contributed by atoms with Crippen LogP contribution >= 0.6 is 0 Å². The number of hydrogen-bond acceptors (Lipinski definition) is 2. The van der Waals surface area contributed by atoms with E-state index in [0.717, 1.165) is 51.6 Å². The molecule has 5 nitrogen and oxygen atoms in total. The number of urea groups is 1. The van der Waals surface area contributed by atoms with E-state index in [0.29, 0.717) is 24.0 Å². The third kappa shape index (κ3) is 3.86. The summed E-state index contributed by atoms with van der Waals surface area (Å²) in [5.41, 5.74) is 0. The van der Waals surface area contributed by atoms with E-state index in [2.05, 4.69) is 17.1 Å². The fourth-order valence-electron chi connectivity index (χ4n) is 4.65. The van der Waals surface area contributed by atoms with Gasteiger partial charge in [-0.2, -0.15) is 0 Å². The van der Waals surface area contributed by atoms with Crippen LogP contribution in [0.4, 0.5) is 4.79 Å². The average Bonchev–Trinajstić information content (AvgIpc) is 2.75. The van der Waals surface area contributed by atoms with Gasteiger partial charge in [0.25, 0.3) is 0 Å². The van der Waals surface area contributed by atoms with Gasteiger partial charge in [-0.25, -0.2) is 4.79 Å². The van der Waals surface area contributed by atoms with E-state index < -0.39 is 0 Å². The molecule has 0 aromatic heterocycles. The molecule has 2 saturated carbocycles. The Morgan fingerprint density at radius 1 is 0.917 bits per heavy atom. The largest absolute Gasteiger partial charge is 0.337 e. The SMILES string of the molecule is CC(=O)N(C1CCC1)[C@@H]1CCCN(C(=O)N[C@H]2CCC[C@@H]2C)CC1. The van der Waals surface area contributed by atoms with Crippen molar-refractivity contribution in [1.29, 1.82) is 0 Å². The highest BCUT2D eigenvalue weighted by atomic mass is 16.2. The van der Waals surface area contributed by atoms with E-state index in [-0.39, 0.29) is 11.9 Å². The first kappa shape index (κ1) is 17.6. The van der Waals surface area contributed by atoms with Crippen molar-refractivity contribution < 1.29 is 9.59 Å². The van der Waals surface area contributed by atoms with Crippen molar-refractivity contribution in [3.8, 4) is 0 Å². The summed E-state index contributed by atoms with van der Waals surface area (Å²) in [5, 5.41) is 3.24. The molecule has 3 amide bonds. The van der Waals surface area contributed by atoms with Gasteiger partial charge in [-0.15, -0.1) is 0 Å². The van der Waals surface area contributed by atoms with Crippen LogP contribution in [-0.2, 0) is 4.79 Å². The van der Waals surface area contributed by atoms with Gasteiger partial charge < -0.3 is 15.1 Å². The Balaban J connectivity index is 1.54. The van der Waals surface area contributed by atoms with Gasteiger partial charge in [0, 0.05) is 38.1 Å². The first-order valence-electron chi connectivity index (χ1n) is 9.90. The minimum atomic E-state index is 0.104. The third-order valence-corrected chi connectivity index (χ3v) is 6.38. The molecular weight excluding hydrogens is 302 g/mol. The van der Waals surface area contributed by atoms with Crippen LogP contribution in [-0.4, -0.2) is 53.0 Å². The summed E-state index contributed by atoms with van der Waals surface area (Å²) in [6.07, 6.45) is 10.1. The summed E-state index contributed by atoms with van der Waals surface area (Å²) >= 11 is 0. The molecule has 1 heterocycles. The van der Waals surface area contributed by atoms with E-state index in [9.17, 15) is 9.59 Å². The van der Waals surface area contributed by atoms with E-state index in [1.165, 1.54) is 19.3 Å². The molecule has 3 aliphatic rings. The Bertz CT molecular complexity index is 464. The molecule has 0 spiro atoms. The monoisotopic (exact) mass is 335 g/mol. The van der Waals surface area contributed by atoms with Gasteiger partial charge >= 0.3 is 6.03 Å². The molecule has 0 radical (unpaired) electrons. The van der Waals surface area contributed by atoms with Gasteiger partial charge in [-0.05, 0) is 57.3 Å². The molecule has 1 saturated heterocycles. The molecule has 1 aliphatic heterocycles. The minimum Gasteiger partial charge on any atom is -0.337 e. The van der Waals surface area contributed by atoms with Gasteiger partial charge in [0.05, 0.1) is 0 Å². The fraction of sp³-hybridized carbons (Fsp3) is 0.895. The molecule has 5 heteroatoms. The van der Waals surface area contributed by atoms with Crippen molar-refractivity contribution in [1.82, 2.24) is 15.1 Å². The van der Waals surface area contributed by atoms with Crippen molar-refractivity contribution in [3.63, 3.8) is 0 Å². The van der Waals surface area contributed by atoms with Crippen molar-refractivity contribution in [2.45, 2.75) is 89.8 Å². The van der Waals surface area contributed by atoms with Crippen molar-refractivity contribution in [2.24, 2.45) is 5.92 Å². The van der Waals surface area contributed by atoms with Crippen LogP contribution in [0, 0.1) is 5.92 Å². The topological polar surface area (TPSA) is 52.7 Å². The normalized spacial score (nSPS) is 31.2. The highest BCUT2D eigenvalue weighted by molar-refractivity contribution is 5.75. The van der Waals surface area contributed by atoms with Crippen molar-refractivity contribution >= 4 is 11.9 Å². The van der Waals surface area contributed by atoms with Crippen molar-refractivity contribution in [2.75, 3.05) is 13.1 Å². The van der Waals surface area contributed by atoms with Crippen LogP contribution in [0.25, 0.3) is 0 Å². The Kier molecular flexibility index (Phi) is 5.67. The number of hydrogen-bond donors (Lipinski definition) is 1. The number of nitrogens with zero attached hydrogens (tertiary/aromatic N) is 2. The molecule has 0 unspecified atom stereocenters. The first-order chi connectivity index (χ1) is 11.6. The number of nitrogens with one attached hydrogen (secondary N) is 1. The van der Waals surface area contributed by atoms with Crippen LogP contribution in [0.2, 0.25) is 0 Å². The van der Waals surface area contributed by atoms with Gasteiger partial charge in [0.1, 0.15) is 0 Å². The average molecular weight is 335 g/mol. The maximum absolute atomic E-state index is 12.6. The molecular formula is C19H33N3O2. The Hall–Kier alpha value is -1.26. The fourth-order valence-corrected chi connectivity index (χ4v) is 4.65. The quantitative estimate of drug-likeness (QED) is 0.861. The summed E-state index contributed by atoms with van der Waals surface area (Å²) in [6, 6.07) is 1.22. The predicted molar refractivity (Wildman–Crippen MR) is 94.7 cm³/mol. The maximum atomic E-state index is 12.6. The Morgan fingerprint density at radius 3 is 2.17 bits per heavy atom. The highest BCUT2D eigenvalue weighted by Gasteiger charge is 2.34. The molecule has 0 aromatic carbocycles. The van der Waals surface area contributed by atoms with Crippen LogP contribution < -0.4 is 5.32 Å². The highest BCUT2D eigenvalue weighted by Crippen LogP contribution is 2.30. The summed E-state index contributed by atoms with van der Waals surface area (Å²) in [5.74, 6) is 0.808. The second-order valence-corrected chi connectivity index (χ2v) is 8.05. The second kappa shape index (κ2) is 7.75. The number of likely N-dealkylation sites (tertiary alicyclic amines) is 1. The van der Waals surface area contributed by atoms with Crippen LogP contribution in [0.5, 0.6) is 0 Å². The molecule has 3 fully saturated rings. The van der Waals surface area contributed by atoms with Gasteiger partial charge in [0.15, 0.2) is 0 Å². The molecule has 0 bridgehead atoms. The molecule has 0 aromatic rings. The second-order valence-electron chi connectivity index (χ2n) is 8.05. The van der Waals surface area contributed by atoms with Gasteiger partial charge in [0.2, 0.25) is 5.91 Å². The Morgan fingerprint density at radius 2 is 1.58 bits per heavy atom. The van der Waals surface area contributed by atoms with Gasteiger partial charge in [-0.1, -0.05) is 13.3 Å². The zero-order valence-electron chi connectivity index (χ0n) is 15.3. The summed E-state index contributed by atoms with van der Waals surface area (Å²) < 4.78 is 0. The lowest BCUT2D eigenvalue weighted by Crippen LogP contribution is -2.50. The number of carbonyl (C=O) groups excluding carboxylic acids is 2. The van der Waals surface area contributed by atoms with E-state index in [1.807, 2.05) is 4.90 Å². The van der Waals surface area contributed by atoms with Crippen LogP contribution in [0.1, 0.15) is 71.6 Å². The zero-order chi connectivity index (χ0) is 17.1. The molecule has 3 rings (SSSR count). The lowest BCUT2D eigenvalue weighted by molar-refractivity contribution is -0.136. The smallest absolute Gasteiger partial charge is 0.317 e. The lowest BCUT2D eigenvalue weighted by Gasteiger charge is -2.42. The molecule has 24 heavy (non-hydrogen) atoms. The van der Waals surface area contributed by atoms with E-state index in [4.69, 9.17) is 0 Å². The van der Waals surface area contributed by atoms with E-state index >= 15 is 0 Å². The summed E-state index contributed by atoms with van der Waals surface area (Å²) in [6.45, 7) is 5.53.